The van der Waals surface area contributed by atoms with Crippen molar-refractivity contribution in [3.8, 4) is 0 Å². The Labute approximate surface area is 134 Å². The summed E-state index contributed by atoms with van der Waals surface area (Å²) < 4.78 is 18.7. The normalized spacial score (nSPS) is 16.7. The number of rotatable bonds is 4. The molecule has 0 N–H and O–H groups in total. The van der Waals surface area contributed by atoms with Crippen LogP contribution in [0.3, 0.4) is 0 Å². The van der Waals surface area contributed by atoms with Gasteiger partial charge >= 0.3 is 0 Å². The van der Waals surface area contributed by atoms with E-state index in [0.29, 0.717) is 12.2 Å². The van der Waals surface area contributed by atoms with Crippen LogP contribution in [0.25, 0.3) is 0 Å². The van der Waals surface area contributed by atoms with Gasteiger partial charge in [0.2, 0.25) is 5.91 Å². The highest BCUT2D eigenvalue weighted by molar-refractivity contribution is 5.87. The second-order valence-corrected chi connectivity index (χ2v) is 5.87. The molecule has 0 saturated heterocycles. The standard InChI is InChI=1S/C18H19FN2O2/c1-3-18(22)21(10-16-12(2)11-23-20-16)17-6-4-5-13-7-8-14(19)9-15(13)17/h3,7-9,11,17H,1,4-6,10H2,2H3/t17-/m0/s1. The molecule has 0 aliphatic heterocycles. The van der Waals surface area contributed by atoms with Crippen LogP contribution in [0.1, 0.15) is 41.3 Å². The van der Waals surface area contributed by atoms with Crippen LogP contribution in [0.2, 0.25) is 0 Å². The maximum absolute atomic E-state index is 13.7. The molecular formula is C18H19FN2O2. The predicted octanol–water partition coefficient (Wildman–Crippen LogP) is 3.71. The number of benzene rings is 1. The Kier molecular flexibility index (Phi) is 4.28. The van der Waals surface area contributed by atoms with Crippen molar-refractivity contribution in [1.29, 1.82) is 0 Å². The molecule has 0 radical (unpaired) electrons. The molecule has 1 amide bonds. The average molecular weight is 314 g/mol. The maximum atomic E-state index is 13.7. The van der Waals surface area contributed by atoms with Gasteiger partial charge in [0.15, 0.2) is 0 Å². The second kappa shape index (κ2) is 6.36. The number of amides is 1. The molecule has 23 heavy (non-hydrogen) atoms. The molecule has 2 aromatic rings. The van der Waals surface area contributed by atoms with Gasteiger partial charge in [-0.05, 0) is 55.5 Å². The fourth-order valence-electron chi connectivity index (χ4n) is 3.15. The summed E-state index contributed by atoms with van der Waals surface area (Å²) in [5.41, 5.74) is 3.58. The number of carbonyl (C=O) groups is 1. The fourth-order valence-corrected chi connectivity index (χ4v) is 3.15. The third-order valence-corrected chi connectivity index (χ3v) is 4.39. The Balaban J connectivity index is 1.98. The van der Waals surface area contributed by atoms with Crippen LogP contribution >= 0.6 is 0 Å². The van der Waals surface area contributed by atoms with Crippen LogP contribution < -0.4 is 0 Å². The van der Waals surface area contributed by atoms with E-state index in [4.69, 9.17) is 4.52 Å². The van der Waals surface area contributed by atoms with Crippen LogP contribution in [0, 0.1) is 12.7 Å². The first-order valence-electron chi connectivity index (χ1n) is 7.71. The van der Waals surface area contributed by atoms with Crippen molar-refractivity contribution in [3.05, 3.63) is 65.3 Å². The zero-order valence-electron chi connectivity index (χ0n) is 13.1. The summed E-state index contributed by atoms with van der Waals surface area (Å²) in [4.78, 5) is 14.1. The Morgan fingerprint density at radius 3 is 3.09 bits per heavy atom. The van der Waals surface area contributed by atoms with Gasteiger partial charge in [-0.15, -0.1) is 0 Å². The maximum Gasteiger partial charge on any atom is 0.246 e. The van der Waals surface area contributed by atoms with Crippen molar-refractivity contribution >= 4 is 5.91 Å². The molecule has 1 aliphatic rings. The quantitative estimate of drug-likeness (QED) is 0.808. The number of aryl methyl sites for hydroxylation is 2. The van der Waals surface area contributed by atoms with E-state index in [2.05, 4.69) is 11.7 Å². The monoisotopic (exact) mass is 314 g/mol. The van der Waals surface area contributed by atoms with Crippen LogP contribution in [0.4, 0.5) is 4.39 Å². The van der Waals surface area contributed by atoms with Crippen LogP contribution in [-0.4, -0.2) is 16.0 Å². The summed E-state index contributed by atoms with van der Waals surface area (Å²) in [6.45, 7) is 5.81. The zero-order chi connectivity index (χ0) is 16.4. The molecule has 3 rings (SSSR count). The Bertz CT molecular complexity index is 738. The first-order chi connectivity index (χ1) is 11.1. The van der Waals surface area contributed by atoms with E-state index in [1.165, 1.54) is 18.2 Å². The van der Waals surface area contributed by atoms with Gasteiger partial charge in [-0.3, -0.25) is 4.79 Å². The van der Waals surface area contributed by atoms with Crippen LogP contribution in [0.15, 0.2) is 41.6 Å². The van der Waals surface area contributed by atoms with Gasteiger partial charge in [-0.2, -0.15) is 0 Å². The van der Waals surface area contributed by atoms with Gasteiger partial charge in [-0.25, -0.2) is 4.39 Å². The molecular weight excluding hydrogens is 295 g/mol. The third kappa shape index (κ3) is 3.04. The minimum atomic E-state index is -0.278. The van der Waals surface area contributed by atoms with E-state index in [1.807, 2.05) is 13.0 Å². The molecule has 1 heterocycles. The van der Waals surface area contributed by atoms with Gasteiger partial charge < -0.3 is 9.42 Å². The van der Waals surface area contributed by atoms with E-state index in [9.17, 15) is 9.18 Å². The lowest BCUT2D eigenvalue weighted by Crippen LogP contribution is -2.35. The Morgan fingerprint density at radius 2 is 2.39 bits per heavy atom. The van der Waals surface area contributed by atoms with E-state index >= 15 is 0 Å². The highest BCUT2D eigenvalue weighted by Crippen LogP contribution is 2.36. The van der Waals surface area contributed by atoms with E-state index in [-0.39, 0.29) is 17.8 Å². The molecule has 4 nitrogen and oxygen atoms in total. The SMILES string of the molecule is C=CC(=O)N(Cc1nocc1C)[C@H]1CCCc2ccc(F)cc21. The number of aromatic nitrogens is 1. The zero-order valence-corrected chi connectivity index (χ0v) is 13.1. The molecule has 0 bridgehead atoms. The van der Waals surface area contributed by atoms with Crippen LogP contribution in [-0.2, 0) is 17.8 Å². The van der Waals surface area contributed by atoms with E-state index < -0.39 is 0 Å². The minimum Gasteiger partial charge on any atom is -0.364 e. The molecule has 1 atom stereocenters. The van der Waals surface area contributed by atoms with Crippen molar-refractivity contribution in [3.63, 3.8) is 0 Å². The summed E-state index contributed by atoms with van der Waals surface area (Å²) in [5, 5.41) is 3.96. The Hall–Kier alpha value is -2.43. The Morgan fingerprint density at radius 1 is 1.57 bits per heavy atom. The highest BCUT2D eigenvalue weighted by Gasteiger charge is 2.29. The van der Waals surface area contributed by atoms with Gasteiger partial charge in [0.25, 0.3) is 0 Å². The third-order valence-electron chi connectivity index (χ3n) is 4.39. The number of carbonyl (C=O) groups excluding carboxylic acids is 1. The second-order valence-electron chi connectivity index (χ2n) is 5.87. The molecule has 0 saturated carbocycles. The molecule has 1 aliphatic carbocycles. The topological polar surface area (TPSA) is 46.3 Å². The molecule has 5 heteroatoms. The lowest BCUT2D eigenvalue weighted by atomic mass is 9.86. The van der Waals surface area contributed by atoms with E-state index in [0.717, 1.165) is 36.0 Å². The van der Waals surface area contributed by atoms with Crippen molar-refractivity contribution < 1.29 is 13.7 Å². The average Bonchev–Trinajstić information content (AvgIpc) is 2.96. The van der Waals surface area contributed by atoms with Crippen molar-refractivity contribution in [2.45, 2.75) is 38.8 Å². The molecule has 1 aromatic heterocycles. The summed E-state index contributed by atoms with van der Waals surface area (Å²) in [7, 11) is 0. The van der Waals surface area contributed by atoms with Gasteiger partial charge in [0.1, 0.15) is 17.8 Å². The summed E-state index contributed by atoms with van der Waals surface area (Å²) in [6.07, 6.45) is 5.52. The first kappa shape index (κ1) is 15.5. The fraction of sp³-hybridized carbons (Fsp3) is 0.333. The summed E-state index contributed by atoms with van der Waals surface area (Å²) in [5.74, 6) is -0.464. The lowest BCUT2D eigenvalue weighted by molar-refractivity contribution is -0.129. The van der Waals surface area contributed by atoms with Gasteiger partial charge in [-0.1, -0.05) is 17.8 Å². The number of halogens is 1. The van der Waals surface area contributed by atoms with Crippen LogP contribution in [0.5, 0.6) is 0 Å². The highest BCUT2D eigenvalue weighted by atomic mass is 19.1. The van der Waals surface area contributed by atoms with Gasteiger partial charge in [0.05, 0.1) is 12.6 Å². The van der Waals surface area contributed by atoms with Crippen molar-refractivity contribution in [1.82, 2.24) is 10.1 Å². The number of nitrogens with zero attached hydrogens (tertiary/aromatic N) is 2. The lowest BCUT2D eigenvalue weighted by Gasteiger charge is -2.35. The first-order valence-corrected chi connectivity index (χ1v) is 7.71. The summed E-state index contributed by atoms with van der Waals surface area (Å²) in [6, 6.07) is 4.66. The smallest absolute Gasteiger partial charge is 0.246 e. The molecule has 0 unspecified atom stereocenters. The number of hydrogen-bond donors (Lipinski definition) is 0. The number of fused-ring (bicyclic) bond motifs is 1. The summed E-state index contributed by atoms with van der Waals surface area (Å²) >= 11 is 0. The molecule has 120 valence electrons. The van der Waals surface area contributed by atoms with Crippen molar-refractivity contribution in [2.75, 3.05) is 0 Å². The molecule has 1 aromatic carbocycles. The largest absolute Gasteiger partial charge is 0.364 e. The predicted molar refractivity (Wildman–Crippen MR) is 84.1 cm³/mol. The molecule has 0 spiro atoms. The van der Waals surface area contributed by atoms with Gasteiger partial charge in [0, 0.05) is 5.56 Å². The minimum absolute atomic E-state index is 0.170. The number of hydrogen-bond acceptors (Lipinski definition) is 3. The van der Waals surface area contributed by atoms with Crippen molar-refractivity contribution in [2.24, 2.45) is 0 Å². The molecule has 0 fully saturated rings. The van der Waals surface area contributed by atoms with E-state index in [1.54, 1.807) is 11.2 Å².